The predicted octanol–water partition coefficient (Wildman–Crippen LogP) is 4.59. The van der Waals surface area contributed by atoms with Gasteiger partial charge in [-0.2, -0.15) is 0 Å². The minimum atomic E-state index is -0.733. The number of aromatic nitrogens is 1. The molecular weight excluding hydrogens is 390 g/mol. The molecule has 0 bridgehead atoms. The number of aliphatic hydroxyl groups excluding tert-OH is 1. The molecule has 6 heteroatoms. The highest BCUT2D eigenvalue weighted by atomic mass is 16.3. The molecule has 1 aromatic carbocycles. The van der Waals surface area contributed by atoms with Crippen molar-refractivity contribution in [3.05, 3.63) is 65.7 Å². The van der Waals surface area contributed by atoms with Gasteiger partial charge in [0.15, 0.2) is 11.5 Å². The summed E-state index contributed by atoms with van der Waals surface area (Å²) in [5.74, 6) is -1.27. The lowest BCUT2D eigenvalue weighted by atomic mass is 9.82. The van der Waals surface area contributed by atoms with Crippen LogP contribution >= 0.6 is 0 Å². The third-order valence-electron chi connectivity index (χ3n) is 6.00. The van der Waals surface area contributed by atoms with Gasteiger partial charge in [0, 0.05) is 42.3 Å². The molecule has 6 nitrogen and oxygen atoms in total. The lowest BCUT2D eigenvalue weighted by Gasteiger charge is -2.31. The molecule has 0 aliphatic carbocycles. The van der Waals surface area contributed by atoms with Crippen LogP contribution in [0.25, 0.3) is 0 Å². The Balaban J connectivity index is 1.74. The van der Waals surface area contributed by atoms with Crippen molar-refractivity contribution in [3.63, 3.8) is 0 Å². The zero-order valence-corrected chi connectivity index (χ0v) is 18.3. The topological polar surface area (TPSA) is 73.7 Å². The molecule has 1 fully saturated rings. The Morgan fingerprint density at radius 1 is 0.968 bits per heavy atom. The van der Waals surface area contributed by atoms with Crippen molar-refractivity contribution in [1.82, 2.24) is 4.98 Å². The number of benzene rings is 1. The summed E-state index contributed by atoms with van der Waals surface area (Å²) >= 11 is 0. The number of anilines is 2. The van der Waals surface area contributed by atoms with Gasteiger partial charge in [-0.25, -0.2) is 0 Å². The van der Waals surface area contributed by atoms with E-state index in [9.17, 15) is 14.7 Å². The molecule has 2 aromatic rings. The molecule has 1 atom stereocenters. The molecule has 0 radical (unpaired) electrons. The minimum Gasteiger partial charge on any atom is -0.503 e. The molecule has 1 N–H and O–H groups in total. The highest BCUT2D eigenvalue weighted by Gasteiger charge is 2.46. The van der Waals surface area contributed by atoms with Crippen molar-refractivity contribution in [2.75, 3.05) is 22.9 Å². The summed E-state index contributed by atoms with van der Waals surface area (Å²) in [4.78, 5) is 34.3. The van der Waals surface area contributed by atoms with Crippen LogP contribution < -0.4 is 9.80 Å². The Morgan fingerprint density at radius 2 is 1.55 bits per heavy atom. The van der Waals surface area contributed by atoms with Crippen molar-refractivity contribution in [2.45, 2.75) is 46.1 Å². The number of hydrogen-bond acceptors (Lipinski definition) is 5. The molecule has 0 spiro atoms. The molecule has 0 saturated carbocycles. The second-order valence-corrected chi connectivity index (χ2v) is 9.26. The standard InChI is InChI=1S/C25H29N3O3/c1-25(2,3)23(30)20-21(17-11-13-26-14-12-17)28(24(31)22(20)29)19-9-7-18(8-10-19)27-15-5-4-6-16-27/h7-14,21,29H,4-6,15-16H2,1-3H3. The number of hydrogen-bond donors (Lipinski definition) is 1. The average molecular weight is 420 g/mol. The number of aliphatic hydroxyl groups is 1. The third kappa shape index (κ3) is 3.94. The summed E-state index contributed by atoms with van der Waals surface area (Å²) in [7, 11) is 0. The van der Waals surface area contributed by atoms with E-state index in [0.29, 0.717) is 5.69 Å². The van der Waals surface area contributed by atoms with Gasteiger partial charge in [-0.1, -0.05) is 20.8 Å². The van der Waals surface area contributed by atoms with Gasteiger partial charge in [0.1, 0.15) is 0 Å². The van der Waals surface area contributed by atoms with Crippen LogP contribution in [0, 0.1) is 5.41 Å². The Hall–Kier alpha value is -3.15. The smallest absolute Gasteiger partial charge is 0.294 e. The fourth-order valence-electron chi connectivity index (χ4n) is 4.34. The number of carbonyl (C=O) groups excluding carboxylic acids is 2. The van der Waals surface area contributed by atoms with Crippen LogP contribution in [-0.4, -0.2) is 34.9 Å². The van der Waals surface area contributed by atoms with Gasteiger partial charge in [0.2, 0.25) is 0 Å². The molecule has 1 saturated heterocycles. The predicted molar refractivity (Wildman–Crippen MR) is 121 cm³/mol. The van der Waals surface area contributed by atoms with Gasteiger partial charge in [0.25, 0.3) is 5.91 Å². The second kappa shape index (κ2) is 8.17. The van der Waals surface area contributed by atoms with E-state index < -0.39 is 23.1 Å². The van der Waals surface area contributed by atoms with Gasteiger partial charge < -0.3 is 10.0 Å². The fourth-order valence-corrected chi connectivity index (χ4v) is 4.34. The zero-order valence-electron chi connectivity index (χ0n) is 18.3. The van der Waals surface area contributed by atoms with Crippen LogP contribution in [0.4, 0.5) is 11.4 Å². The van der Waals surface area contributed by atoms with Crippen LogP contribution in [0.2, 0.25) is 0 Å². The first-order valence-electron chi connectivity index (χ1n) is 10.9. The van der Waals surface area contributed by atoms with Gasteiger partial charge in [-0.15, -0.1) is 0 Å². The molecule has 162 valence electrons. The Kier molecular flexibility index (Phi) is 5.56. The summed E-state index contributed by atoms with van der Waals surface area (Å²) in [5.41, 5.74) is 1.92. The van der Waals surface area contributed by atoms with Crippen LogP contribution in [0.5, 0.6) is 0 Å². The second-order valence-electron chi connectivity index (χ2n) is 9.26. The SMILES string of the molecule is CC(C)(C)C(=O)C1=C(O)C(=O)N(c2ccc(N3CCCCC3)cc2)C1c1ccncc1. The number of pyridine rings is 1. The van der Waals surface area contributed by atoms with E-state index in [-0.39, 0.29) is 11.4 Å². The molecule has 4 rings (SSSR count). The minimum absolute atomic E-state index is 0.142. The summed E-state index contributed by atoms with van der Waals surface area (Å²) in [6.07, 6.45) is 6.90. The van der Waals surface area contributed by atoms with Crippen molar-refractivity contribution < 1.29 is 14.7 Å². The highest BCUT2D eigenvalue weighted by Crippen LogP contribution is 2.43. The first-order chi connectivity index (χ1) is 14.8. The maximum atomic E-state index is 13.2. The number of nitrogens with zero attached hydrogens (tertiary/aromatic N) is 3. The van der Waals surface area contributed by atoms with Gasteiger partial charge in [0.05, 0.1) is 11.6 Å². The lowest BCUT2D eigenvalue weighted by molar-refractivity contribution is -0.123. The van der Waals surface area contributed by atoms with E-state index in [0.717, 1.165) is 24.3 Å². The van der Waals surface area contributed by atoms with Crippen LogP contribution in [-0.2, 0) is 9.59 Å². The van der Waals surface area contributed by atoms with Crippen LogP contribution in [0.1, 0.15) is 51.6 Å². The van der Waals surface area contributed by atoms with E-state index in [1.165, 1.54) is 24.2 Å². The number of Topliss-reactive ketones (excluding diaryl/α,β-unsaturated/α-hetero) is 1. The van der Waals surface area contributed by atoms with Gasteiger partial charge in [-0.05, 0) is 61.2 Å². The lowest BCUT2D eigenvalue weighted by Crippen LogP contribution is -2.33. The number of ketones is 1. The van der Waals surface area contributed by atoms with E-state index in [2.05, 4.69) is 9.88 Å². The molecule has 1 amide bonds. The van der Waals surface area contributed by atoms with E-state index >= 15 is 0 Å². The molecule has 2 aliphatic heterocycles. The summed E-state index contributed by atoms with van der Waals surface area (Å²) < 4.78 is 0. The van der Waals surface area contributed by atoms with Gasteiger partial charge >= 0.3 is 0 Å². The van der Waals surface area contributed by atoms with Crippen LogP contribution in [0.15, 0.2) is 60.1 Å². The first kappa shape index (κ1) is 21.1. The fraction of sp³-hybridized carbons (Fsp3) is 0.400. The van der Waals surface area contributed by atoms with E-state index in [1.54, 1.807) is 45.3 Å². The largest absolute Gasteiger partial charge is 0.503 e. The van der Waals surface area contributed by atoms with Crippen LogP contribution in [0.3, 0.4) is 0 Å². The van der Waals surface area contributed by atoms with Crippen molar-refractivity contribution in [2.24, 2.45) is 5.41 Å². The molecular formula is C25H29N3O3. The maximum absolute atomic E-state index is 13.2. The van der Waals surface area contributed by atoms with Crippen molar-refractivity contribution in [3.8, 4) is 0 Å². The normalized spacial score (nSPS) is 19.8. The Morgan fingerprint density at radius 3 is 2.13 bits per heavy atom. The summed E-state index contributed by atoms with van der Waals surface area (Å²) in [6, 6.07) is 10.7. The molecule has 3 heterocycles. The van der Waals surface area contributed by atoms with Crippen molar-refractivity contribution >= 4 is 23.1 Å². The van der Waals surface area contributed by atoms with Crippen molar-refractivity contribution in [1.29, 1.82) is 0 Å². The molecule has 1 aromatic heterocycles. The number of amides is 1. The highest BCUT2D eigenvalue weighted by molar-refractivity contribution is 6.17. The number of carbonyl (C=O) groups is 2. The zero-order chi connectivity index (χ0) is 22.2. The maximum Gasteiger partial charge on any atom is 0.294 e. The average Bonchev–Trinajstić information content (AvgIpc) is 3.04. The Bertz CT molecular complexity index is 1000. The molecule has 31 heavy (non-hydrogen) atoms. The number of piperidine rings is 1. The monoisotopic (exact) mass is 419 g/mol. The third-order valence-corrected chi connectivity index (χ3v) is 6.00. The molecule has 1 unspecified atom stereocenters. The van der Waals surface area contributed by atoms with E-state index in [1.807, 2.05) is 24.3 Å². The summed E-state index contributed by atoms with van der Waals surface area (Å²) in [5, 5.41) is 10.8. The first-order valence-corrected chi connectivity index (χ1v) is 10.9. The quantitative estimate of drug-likeness (QED) is 0.785. The van der Waals surface area contributed by atoms with E-state index in [4.69, 9.17) is 0 Å². The molecule has 2 aliphatic rings. The number of rotatable bonds is 4. The van der Waals surface area contributed by atoms with Gasteiger partial charge in [-0.3, -0.25) is 19.5 Å². The summed E-state index contributed by atoms with van der Waals surface area (Å²) in [6.45, 7) is 7.45. The Labute approximate surface area is 183 Å².